The summed E-state index contributed by atoms with van der Waals surface area (Å²) >= 11 is 0. The summed E-state index contributed by atoms with van der Waals surface area (Å²) in [5, 5.41) is 13.4. The minimum Gasteiger partial charge on any atom is -0.393 e. The van der Waals surface area contributed by atoms with E-state index >= 15 is 0 Å². The highest BCUT2D eigenvalue weighted by Gasteiger charge is 2.23. The van der Waals surface area contributed by atoms with Crippen molar-refractivity contribution in [2.45, 2.75) is 76.9 Å². The fourth-order valence-corrected chi connectivity index (χ4v) is 3.56. The highest BCUT2D eigenvalue weighted by atomic mass is 16.3. The first kappa shape index (κ1) is 13.4. The predicted molar refractivity (Wildman–Crippen MR) is 72.0 cm³/mol. The van der Waals surface area contributed by atoms with Crippen molar-refractivity contribution < 1.29 is 5.11 Å². The molecule has 2 atom stereocenters. The first-order valence-electron chi connectivity index (χ1n) is 7.69. The molecule has 0 aromatic rings. The van der Waals surface area contributed by atoms with Crippen molar-refractivity contribution in [3.63, 3.8) is 0 Å². The van der Waals surface area contributed by atoms with Crippen molar-refractivity contribution in [3.8, 4) is 0 Å². The van der Waals surface area contributed by atoms with Gasteiger partial charge < -0.3 is 10.4 Å². The molecule has 0 saturated heterocycles. The zero-order valence-corrected chi connectivity index (χ0v) is 11.3. The predicted octanol–water partition coefficient (Wildman–Crippen LogP) is 3.10. The topological polar surface area (TPSA) is 32.3 Å². The number of hydrogen-bond donors (Lipinski definition) is 2. The molecule has 0 aromatic carbocycles. The van der Waals surface area contributed by atoms with E-state index in [1.807, 2.05) is 0 Å². The first-order valence-corrected chi connectivity index (χ1v) is 7.69. The lowest BCUT2D eigenvalue weighted by atomic mass is 9.83. The molecule has 2 fully saturated rings. The number of aliphatic hydroxyl groups is 1. The van der Waals surface area contributed by atoms with Crippen LogP contribution in [0.5, 0.6) is 0 Å². The average Bonchev–Trinajstić information content (AvgIpc) is 2.37. The Bertz CT molecular complexity index is 211. The smallest absolute Gasteiger partial charge is 0.0543 e. The lowest BCUT2D eigenvalue weighted by Crippen LogP contribution is -2.38. The minimum atomic E-state index is -0.0219. The van der Waals surface area contributed by atoms with Crippen LogP contribution >= 0.6 is 0 Å². The standard InChI is InChI=1S/C15H29NO/c1-2-12-6-8-14(9-7-12)16-11-13-4-3-5-15(17)10-13/h12-17H,2-11H2,1H3. The molecule has 2 unspecified atom stereocenters. The summed E-state index contributed by atoms with van der Waals surface area (Å²) < 4.78 is 0. The summed E-state index contributed by atoms with van der Waals surface area (Å²) in [6.45, 7) is 3.46. The molecule has 2 aliphatic rings. The SMILES string of the molecule is CCC1CCC(NCC2CCCC(O)C2)CC1. The summed E-state index contributed by atoms with van der Waals surface area (Å²) in [4.78, 5) is 0. The lowest BCUT2D eigenvalue weighted by molar-refractivity contribution is 0.0985. The van der Waals surface area contributed by atoms with Gasteiger partial charge in [0.25, 0.3) is 0 Å². The van der Waals surface area contributed by atoms with Gasteiger partial charge in [-0.15, -0.1) is 0 Å². The Balaban J connectivity index is 1.62. The quantitative estimate of drug-likeness (QED) is 0.790. The van der Waals surface area contributed by atoms with Crippen LogP contribution in [0.15, 0.2) is 0 Å². The fraction of sp³-hybridized carbons (Fsp3) is 1.00. The van der Waals surface area contributed by atoms with Gasteiger partial charge in [-0.3, -0.25) is 0 Å². The van der Waals surface area contributed by atoms with E-state index in [1.54, 1.807) is 0 Å². The van der Waals surface area contributed by atoms with Crippen molar-refractivity contribution in [1.29, 1.82) is 0 Å². The maximum Gasteiger partial charge on any atom is 0.0543 e. The van der Waals surface area contributed by atoms with Gasteiger partial charge in [-0.2, -0.15) is 0 Å². The number of rotatable bonds is 4. The van der Waals surface area contributed by atoms with E-state index in [9.17, 15) is 5.11 Å². The molecule has 0 amide bonds. The molecule has 0 heterocycles. The molecule has 2 heteroatoms. The van der Waals surface area contributed by atoms with Gasteiger partial charge in [-0.05, 0) is 63.3 Å². The molecule has 17 heavy (non-hydrogen) atoms. The lowest BCUT2D eigenvalue weighted by Gasteiger charge is -2.31. The van der Waals surface area contributed by atoms with Gasteiger partial charge >= 0.3 is 0 Å². The van der Waals surface area contributed by atoms with Crippen molar-refractivity contribution in [2.24, 2.45) is 11.8 Å². The van der Waals surface area contributed by atoms with Crippen LogP contribution in [-0.4, -0.2) is 23.8 Å². The molecule has 2 saturated carbocycles. The fourth-order valence-electron chi connectivity index (χ4n) is 3.56. The zero-order valence-electron chi connectivity index (χ0n) is 11.3. The summed E-state index contributed by atoms with van der Waals surface area (Å²) in [5.74, 6) is 1.72. The summed E-state index contributed by atoms with van der Waals surface area (Å²) in [5.41, 5.74) is 0. The number of hydrogen-bond acceptors (Lipinski definition) is 2. The van der Waals surface area contributed by atoms with E-state index < -0.39 is 0 Å². The van der Waals surface area contributed by atoms with Gasteiger partial charge in [0.15, 0.2) is 0 Å². The van der Waals surface area contributed by atoms with Crippen LogP contribution in [0.1, 0.15) is 64.7 Å². The van der Waals surface area contributed by atoms with Gasteiger partial charge in [-0.25, -0.2) is 0 Å². The normalized spacial score (nSPS) is 39.2. The van der Waals surface area contributed by atoms with Crippen LogP contribution in [0.2, 0.25) is 0 Å². The van der Waals surface area contributed by atoms with Gasteiger partial charge in [0.05, 0.1) is 6.10 Å². The van der Waals surface area contributed by atoms with E-state index in [2.05, 4.69) is 12.2 Å². The second kappa shape index (κ2) is 6.75. The Hall–Kier alpha value is -0.0800. The van der Waals surface area contributed by atoms with Crippen LogP contribution < -0.4 is 5.32 Å². The van der Waals surface area contributed by atoms with Crippen LogP contribution in [0.3, 0.4) is 0 Å². The Labute approximate surface area is 106 Å². The molecule has 0 aliphatic heterocycles. The van der Waals surface area contributed by atoms with Gasteiger partial charge in [0.2, 0.25) is 0 Å². The van der Waals surface area contributed by atoms with Crippen LogP contribution in [0.25, 0.3) is 0 Å². The second-order valence-electron chi connectivity index (χ2n) is 6.22. The van der Waals surface area contributed by atoms with E-state index in [0.717, 1.165) is 37.3 Å². The van der Waals surface area contributed by atoms with E-state index in [4.69, 9.17) is 0 Å². The molecule has 100 valence electrons. The van der Waals surface area contributed by atoms with Gasteiger partial charge in [0, 0.05) is 6.04 Å². The largest absolute Gasteiger partial charge is 0.393 e. The number of aliphatic hydroxyl groups excluding tert-OH is 1. The molecule has 0 spiro atoms. The maximum atomic E-state index is 9.66. The molecule has 2 N–H and O–H groups in total. The third-order valence-electron chi connectivity index (χ3n) is 4.87. The molecule has 0 aromatic heterocycles. The number of nitrogens with one attached hydrogen (secondary N) is 1. The summed E-state index contributed by atoms with van der Waals surface area (Å²) in [7, 11) is 0. The molecule has 2 rings (SSSR count). The van der Waals surface area contributed by atoms with Gasteiger partial charge in [0.1, 0.15) is 0 Å². The van der Waals surface area contributed by atoms with E-state index in [0.29, 0.717) is 0 Å². The van der Waals surface area contributed by atoms with Gasteiger partial charge in [-0.1, -0.05) is 19.8 Å². The zero-order chi connectivity index (χ0) is 12.1. The first-order chi connectivity index (χ1) is 8.28. The molecule has 0 bridgehead atoms. The molecule has 0 radical (unpaired) electrons. The Morgan fingerprint density at radius 2 is 1.76 bits per heavy atom. The highest BCUT2D eigenvalue weighted by molar-refractivity contribution is 4.79. The Kier molecular flexibility index (Phi) is 5.30. The van der Waals surface area contributed by atoms with Crippen molar-refractivity contribution >= 4 is 0 Å². The maximum absolute atomic E-state index is 9.66. The molecule has 2 nitrogen and oxygen atoms in total. The van der Waals surface area contributed by atoms with Crippen molar-refractivity contribution in [1.82, 2.24) is 5.32 Å². The monoisotopic (exact) mass is 239 g/mol. The third-order valence-corrected chi connectivity index (χ3v) is 4.87. The highest BCUT2D eigenvalue weighted by Crippen LogP contribution is 2.28. The Morgan fingerprint density at radius 3 is 2.41 bits per heavy atom. The molecular formula is C15H29NO. The second-order valence-corrected chi connectivity index (χ2v) is 6.22. The van der Waals surface area contributed by atoms with E-state index in [-0.39, 0.29) is 6.10 Å². The third kappa shape index (κ3) is 4.26. The molecule has 2 aliphatic carbocycles. The van der Waals surface area contributed by atoms with E-state index in [1.165, 1.54) is 44.9 Å². The summed E-state index contributed by atoms with van der Waals surface area (Å²) in [6, 6.07) is 0.761. The Morgan fingerprint density at radius 1 is 1.00 bits per heavy atom. The molecular weight excluding hydrogens is 210 g/mol. The van der Waals surface area contributed by atoms with Crippen molar-refractivity contribution in [3.05, 3.63) is 0 Å². The van der Waals surface area contributed by atoms with Crippen LogP contribution in [-0.2, 0) is 0 Å². The van der Waals surface area contributed by atoms with Crippen molar-refractivity contribution in [2.75, 3.05) is 6.54 Å². The van der Waals surface area contributed by atoms with Crippen LogP contribution in [0.4, 0.5) is 0 Å². The van der Waals surface area contributed by atoms with Crippen LogP contribution in [0, 0.1) is 11.8 Å². The minimum absolute atomic E-state index is 0.0219. The summed E-state index contributed by atoms with van der Waals surface area (Å²) in [6.07, 6.45) is 11.5. The average molecular weight is 239 g/mol.